The van der Waals surface area contributed by atoms with Crippen molar-refractivity contribution in [2.45, 2.75) is 19.3 Å². The summed E-state index contributed by atoms with van der Waals surface area (Å²) in [5.74, 6) is 0.335. The quantitative estimate of drug-likeness (QED) is 0.555. The van der Waals surface area contributed by atoms with E-state index in [1.54, 1.807) is 0 Å². The Morgan fingerprint density at radius 3 is 3.00 bits per heavy atom. The molecular formula is C8H12N2O. The van der Waals surface area contributed by atoms with Crippen molar-refractivity contribution in [3.05, 3.63) is 0 Å². The van der Waals surface area contributed by atoms with Gasteiger partial charge in [0.15, 0.2) is 0 Å². The van der Waals surface area contributed by atoms with Gasteiger partial charge in [0, 0.05) is 19.4 Å². The van der Waals surface area contributed by atoms with E-state index in [0.717, 1.165) is 19.5 Å². The molecule has 1 rings (SSSR count). The van der Waals surface area contributed by atoms with E-state index in [9.17, 15) is 4.79 Å². The fraction of sp³-hybridized carbons (Fsp3) is 0.750. The van der Waals surface area contributed by atoms with Gasteiger partial charge in [-0.05, 0) is 13.0 Å². The van der Waals surface area contributed by atoms with Crippen LogP contribution < -0.4 is 0 Å². The molecule has 1 aliphatic heterocycles. The second-order valence-corrected chi connectivity index (χ2v) is 2.83. The van der Waals surface area contributed by atoms with Gasteiger partial charge in [-0.15, -0.1) is 0 Å². The smallest absolute Gasteiger partial charge is 0.148 e. The van der Waals surface area contributed by atoms with Crippen LogP contribution in [0, 0.1) is 11.3 Å². The third-order valence-corrected chi connectivity index (χ3v) is 1.87. The summed E-state index contributed by atoms with van der Waals surface area (Å²) in [4.78, 5) is 12.9. The molecule has 11 heavy (non-hydrogen) atoms. The second kappa shape index (κ2) is 4.09. The predicted molar refractivity (Wildman–Crippen MR) is 40.9 cm³/mol. The van der Waals surface area contributed by atoms with Gasteiger partial charge in [-0.3, -0.25) is 9.69 Å². The Morgan fingerprint density at radius 2 is 2.45 bits per heavy atom. The molecule has 0 aromatic rings. The highest BCUT2D eigenvalue weighted by Crippen LogP contribution is 2.04. The molecule has 0 aliphatic carbocycles. The summed E-state index contributed by atoms with van der Waals surface area (Å²) in [6, 6.07) is 2.09. The van der Waals surface area contributed by atoms with Crippen LogP contribution in [-0.2, 0) is 4.79 Å². The second-order valence-electron chi connectivity index (χ2n) is 2.83. The van der Waals surface area contributed by atoms with Gasteiger partial charge < -0.3 is 0 Å². The lowest BCUT2D eigenvalue weighted by molar-refractivity contribution is -0.116. The summed E-state index contributed by atoms with van der Waals surface area (Å²) < 4.78 is 0. The van der Waals surface area contributed by atoms with E-state index < -0.39 is 0 Å². The van der Waals surface area contributed by atoms with Crippen LogP contribution in [0.4, 0.5) is 0 Å². The van der Waals surface area contributed by atoms with Crippen molar-refractivity contribution >= 4 is 5.78 Å². The molecule has 1 fully saturated rings. The van der Waals surface area contributed by atoms with Crippen molar-refractivity contribution < 1.29 is 4.79 Å². The molecule has 0 bridgehead atoms. The van der Waals surface area contributed by atoms with E-state index in [4.69, 9.17) is 5.26 Å². The number of nitriles is 1. The summed E-state index contributed by atoms with van der Waals surface area (Å²) in [5, 5.41) is 8.26. The Bertz CT molecular complexity index is 183. The third kappa shape index (κ3) is 2.69. The molecule has 0 saturated carbocycles. The number of unbranched alkanes of at least 4 members (excludes halogenated alkanes) is 1. The SMILES string of the molecule is N#CCCCN1CCC(=O)C1. The number of rotatable bonds is 3. The maximum absolute atomic E-state index is 10.8. The third-order valence-electron chi connectivity index (χ3n) is 1.87. The van der Waals surface area contributed by atoms with E-state index in [2.05, 4.69) is 11.0 Å². The number of carbonyl (C=O) groups excluding carboxylic acids is 1. The monoisotopic (exact) mass is 152 g/mol. The molecule has 0 N–H and O–H groups in total. The van der Waals surface area contributed by atoms with Gasteiger partial charge in [0.1, 0.15) is 5.78 Å². The van der Waals surface area contributed by atoms with Crippen molar-refractivity contribution in [2.75, 3.05) is 19.6 Å². The zero-order valence-corrected chi connectivity index (χ0v) is 6.55. The maximum Gasteiger partial charge on any atom is 0.148 e. The number of nitrogens with zero attached hydrogens (tertiary/aromatic N) is 2. The van der Waals surface area contributed by atoms with Gasteiger partial charge in [0.05, 0.1) is 12.6 Å². The molecule has 1 saturated heterocycles. The van der Waals surface area contributed by atoms with Crippen LogP contribution in [-0.4, -0.2) is 30.3 Å². The van der Waals surface area contributed by atoms with E-state index in [1.165, 1.54) is 0 Å². The Labute approximate surface area is 66.6 Å². The summed E-state index contributed by atoms with van der Waals surface area (Å²) in [6.07, 6.45) is 2.20. The van der Waals surface area contributed by atoms with E-state index >= 15 is 0 Å². The normalized spacial score (nSPS) is 18.6. The van der Waals surface area contributed by atoms with E-state index in [-0.39, 0.29) is 0 Å². The number of ketones is 1. The highest BCUT2D eigenvalue weighted by molar-refractivity contribution is 5.82. The van der Waals surface area contributed by atoms with Crippen molar-refractivity contribution in [3.63, 3.8) is 0 Å². The number of Topliss-reactive ketones (excluding diaryl/α,β-unsaturated/α-hetero) is 1. The molecule has 0 amide bonds. The first-order valence-corrected chi connectivity index (χ1v) is 3.94. The fourth-order valence-electron chi connectivity index (χ4n) is 1.26. The molecule has 0 atom stereocenters. The van der Waals surface area contributed by atoms with E-state index in [0.29, 0.717) is 25.2 Å². The lowest BCUT2D eigenvalue weighted by Crippen LogP contribution is -2.21. The zero-order chi connectivity index (χ0) is 8.10. The molecule has 1 aliphatic rings. The molecular weight excluding hydrogens is 140 g/mol. The fourth-order valence-corrected chi connectivity index (χ4v) is 1.26. The average molecular weight is 152 g/mol. The first-order valence-electron chi connectivity index (χ1n) is 3.94. The van der Waals surface area contributed by atoms with Crippen LogP contribution in [0.25, 0.3) is 0 Å². The molecule has 3 nitrogen and oxygen atoms in total. The number of likely N-dealkylation sites (tertiary alicyclic amines) is 1. The Balaban J connectivity index is 2.09. The molecule has 1 heterocycles. The van der Waals surface area contributed by atoms with Gasteiger partial charge in [0.2, 0.25) is 0 Å². The van der Waals surface area contributed by atoms with Crippen LogP contribution in [0.2, 0.25) is 0 Å². The first-order chi connectivity index (χ1) is 5.33. The van der Waals surface area contributed by atoms with Gasteiger partial charge >= 0.3 is 0 Å². The van der Waals surface area contributed by atoms with Crippen molar-refractivity contribution in [2.24, 2.45) is 0 Å². The summed E-state index contributed by atoms with van der Waals surface area (Å²) in [5.41, 5.74) is 0. The summed E-state index contributed by atoms with van der Waals surface area (Å²) >= 11 is 0. The topological polar surface area (TPSA) is 44.1 Å². The predicted octanol–water partition coefficient (Wildman–Crippen LogP) is 0.565. The average Bonchev–Trinajstić information content (AvgIpc) is 2.37. The molecule has 0 aromatic carbocycles. The number of hydrogen-bond acceptors (Lipinski definition) is 3. The van der Waals surface area contributed by atoms with Crippen LogP contribution >= 0.6 is 0 Å². The van der Waals surface area contributed by atoms with Crippen molar-refractivity contribution in [1.82, 2.24) is 4.90 Å². The van der Waals surface area contributed by atoms with Crippen LogP contribution in [0.3, 0.4) is 0 Å². The highest BCUT2D eigenvalue weighted by atomic mass is 16.1. The molecule has 3 heteroatoms. The van der Waals surface area contributed by atoms with E-state index in [1.807, 2.05) is 0 Å². The van der Waals surface area contributed by atoms with Crippen LogP contribution in [0.1, 0.15) is 19.3 Å². The van der Waals surface area contributed by atoms with Crippen molar-refractivity contribution in [3.8, 4) is 6.07 Å². The van der Waals surface area contributed by atoms with Gasteiger partial charge in [-0.25, -0.2) is 0 Å². The molecule has 0 aromatic heterocycles. The van der Waals surface area contributed by atoms with Crippen molar-refractivity contribution in [1.29, 1.82) is 5.26 Å². The first kappa shape index (κ1) is 8.22. The molecule has 0 spiro atoms. The maximum atomic E-state index is 10.8. The van der Waals surface area contributed by atoms with Crippen LogP contribution in [0.5, 0.6) is 0 Å². The minimum Gasteiger partial charge on any atom is -0.298 e. The van der Waals surface area contributed by atoms with Gasteiger partial charge in [-0.2, -0.15) is 5.26 Å². The minimum absolute atomic E-state index is 0.335. The zero-order valence-electron chi connectivity index (χ0n) is 6.55. The number of carbonyl (C=O) groups is 1. The minimum atomic E-state index is 0.335. The molecule has 0 radical (unpaired) electrons. The lowest BCUT2D eigenvalue weighted by Gasteiger charge is -2.10. The Kier molecular flexibility index (Phi) is 3.06. The largest absolute Gasteiger partial charge is 0.298 e. The molecule has 0 unspecified atom stereocenters. The van der Waals surface area contributed by atoms with Crippen LogP contribution in [0.15, 0.2) is 0 Å². The summed E-state index contributed by atoms with van der Waals surface area (Å²) in [6.45, 7) is 2.40. The van der Waals surface area contributed by atoms with Gasteiger partial charge in [0.25, 0.3) is 0 Å². The van der Waals surface area contributed by atoms with Gasteiger partial charge in [-0.1, -0.05) is 0 Å². The standard InChI is InChI=1S/C8H12N2O/c9-4-1-2-5-10-6-3-8(11)7-10/h1-3,5-7H2. The Morgan fingerprint density at radius 1 is 1.64 bits per heavy atom. The lowest BCUT2D eigenvalue weighted by atomic mass is 10.3. The molecule has 60 valence electrons. The highest BCUT2D eigenvalue weighted by Gasteiger charge is 2.17. The summed E-state index contributed by atoms with van der Waals surface area (Å²) in [7, 11) is 0. The number of hydrogen-bond donors (Lipinski definition) is 0. The Hall–Kier alpha value is -0.880.